The molecule has 5 nitrogen and oxygen atoms in total. The van der Waals surface area contributed by atoms with Gasteiger partial charge in [0.2, 0.25) is 0 Å². The van der Waals surface area contributed by atoms with Gasteiger partial charge in [-0.05, 0) is 6.92 Å². The monoisotopic (exact) mass is 177 g/mol. The number of ether oxygens (including phenoxy) is 2. The van der Waals surface area contributed by atoms with Crippen molar-refractivity contribution in [3.63, 3.8) is 0 Å². The lowest BCUT2D eigenvalue weighted by molar-refractivity contribution is -0.246. The third kappa shape index (κ3) is 1.60. The zero-order valence-corrected chi connectivity index (χ0v) is 7.18. The molecular weight excluding hydrogens is 162 g/mol. The molecule has 1 fully saturated rings. The van der Waals surface area contributed by atoms with Crippen molar-refractivity contribution in [2.45, 2.75) is 37.6 Å². The highest BCUT2D eigenvalue weighted by molar-refractivity contribution is 4.89. The van der Waals surface area contributed by atoms with Crippen LogP contribution >= 0.6 is 0 Å². The smallest absolute Gasteiger partial charge is 0.175 e. The van der Waals surface area contributed by atoms with Gasteiger partial charge in [0.05, 0.1) is 12.1 Å². The lowest BCUT2D eigenvalue weighted by Gasteiger charge is -2.39. The Hall–Kier alpha value is -0.200. The molecule has 0 radical (unpaired) electrons. The third-order valence-corrected chi connectivity index (χ3v) is 2.12. The Kier molecular flexibility index (Phi) is 3.03. The maximum atomic E-state index is 9.38. The molecule has 0 aromatic carbocycles. The van der Waals surface area contributed by atoms with Crippen molar-refractivity contribution in [1.29, 1.82) is 0 Å². The molecule has 0 unspecified atom stereocenters. The molecule has 1 rings (SSSR count). The summed E-state index contributed by atoms with van der Waals surface area (Å²) in [4.78, 5) is 0. The number of aliphatic hydroxyl groups excluding tert-OH is 2. The van der Waals surface area contributed by atoms with E-state index in [9.17, 15) is 10.2 Å². The lowest BCUT2D eigenvalue weighted by atomic mass is 9.98. The summed E-state index contributed by atoms with van der Waals surface area (Å²) in [6, 6.07) is -0.693. The van der Waals surface area contributed by atoms with Gasteiger partial charge in [-0.15, -0.1) is 0 Å². The molecule has 0 aromatic heterocycles. The van der Waals surface area contributed by atoms with Crippen molar-refractivity contribution in [2.24, 2.45) is 5.73 Å². The molecule has 1 aliphatic heterocycles. The van der Waals surface area contributed by atoms with E-state index in [2.05, 4.69) is 0 Å². The van der Waals surface area contributed by atoms with Crippen LogP contribution in [0.5, 0.6) is 0 Å². The minimum absolute atomic E-state index is 0.454. The maximum Gasteiger partial charge on any atom is 0.175 e. The van der Waals surface area contributed by atoms with Crippen molar-refractivity contribution >= 4 is 0 Å². The largest absolute Gasteiger partial charge is 0.388 e. The van der Waals surface area contributed by atoms with Crippen LogP contribution in [-0.2, 0) is 9.47 Å². The van der Waals surface area contributed by atoms with Gasteiger partial charge < -0.3 is 25.4 Å². The molecule has 0 saturated carbocycles. The predicted molar refractivity (Wildman–Crippen MR) is 41.3 cm³/mol. The minimum atomic E-state index is -0.987. The zero-order valence-electron chi connectivity index (χ0n) is 7.18. The highest BCUT2D eigenvalue weighted by Gasteiger charge is 2.40. The number of methoxy groups -OCH3 is 1. The van der Waals surface area contributed by atoms with Crippen molar-refractivity contribution in [2.75, 3.05) is 7.11 Å². The van der Waals surface area contributed by atoms with Crippen LogP contribution in [0.1, 0.15) is 6.92 Å². The number of hydrogen-bond donors (Lipinski definition) is 3. The Morgan fingerprint density at radius 1 is 1.33 bits per heavy atom. The van der Waals surface area contributed by atoms with Crippen molar-refractivity contribution < 1.29 is 19.7 Å². The fourth-order valence-corrected chi connectivity index (χ4v) is 1.26. The van der Waals surface area contributed by atoms with Gasteiger partial charge in [-0.2, -0.15) is 0 Å². The summed E-state index contributed by atoms with van der Waals surface area (Å²) >= 11 is 0. The van der Waals surface area contributed by atoms with E-state index in [0.717, 1.165) is 0 Å². The van der Waals surface area contributed by atoms with Gasteiger partial charge in [0.15, 0.2) is 6.29 Å². The maximum absolute atomic E-state index is 9.38. The standard InChI is InChI=1S/C7H15NO4/c1-3-5(9)6(10)4(8)7(11-2)12-3/h3-7,9-10H,8H2,1-2H3/t3-,4+,5-,6+,7+/m1/s1. The van der Waals surface area contributed by atoms with Gasteiger partial charge in [0, 0.05) is 7.11 Å². The molecule has 5 heteroatoms. The molecule has 0 aromatic rings. The van der Waals surface area contributed by atoms with Crippen LogP contribution < -0.4 is 5.73 Å². The van der Waals surface area contributed by atoms with Gasteiger partial charge in [-0.3, -0.25) is 0 Å². The number of aliphatic hydroxyl groups is 2. The molecule has 72 valence electrons. The van der Waals surface area contributed by atoms with E-state index in [1.165, 1.54) is 7.11 Å². The van der Waals surface area contributed by atoms with E-state index >= 15 is 0 Å². The molecule has 1 heterocycles. The first-order valence-corrected chi connectivity index (χ1v) is 3.88. The average Bonchev–Trinajstić information content (AvgIpc) is 2.08. The summed E-state index contributed by atoms with van der Waals surface area (Å²) in [6.07, 6.45) is -3.02. The molecule has 12 heavy (non-hydrogen) atoms. The molecule has 1 aliphatic rings. The molecule has 1 saturated heterocycles. The molecule has 0 bridgehead atoms. The van der Waals surface area contributed by atoms with Crippen molar-refractivity contribution in [1.82, 2.24) is 0 Å². The number of nitrogens with two attached hydrogens (primary N) is 1. The Labute approximate surface area is 71.1 Å². The van der Waals surface area contributed by atoms with Gasteiger partial charge in [0.1, 0.15) is 12.2 Å². The van der Waals surface area contributed by atoms with Gasteiger partial charge in [0.25, 0.3) is 0 Å². The minimum Gasteiger partial charge on any atom is -0.388 e. The van der Waals surface area contributed by atoms with Gasteiger partial charge >= 0.3 is 0 Å². The summed E-state index contributed by atoms with van der Waals surface area (Å²) in [5.74, 6) is 0. The van der Waals surface area contributed by atoms with Gasteiger partial charge in [-0.1, -0.05) is 0 Å². The molecular formula is C7H15NO4. The Morgan fingerprint density at radius 2 is 1.92 bits per heavy atom. The SMILES string of the molecule is CO[C@H]1O[C@H](C)[C@@H](O)[C@@H](O)[C@@H]1N. The highest BCUT2D eigenvalue weighted by Crippen LogP contribution is 2.19. The number of hydrogen-bond acceptors (Lipinski definition) is 5. The Morgan fingerprint density at radius 3 is 2.42 bits per heavy atom. The fourth-order valence-electron chi connectivity index (χ4n) is 1.26. The topological polar surface area (TPSA) is 84.9 Å². The Bertz CT molecular complexity index is 150. The first kappa shape index (κ1) is 9.88. The van der Waals surface area contributed by atoms with E-state index < -0.39 is 30.6 Å². The summed E-state index contributed by atoms with van der Waals surface area (Å²) in [7, 11) is 1.45. The lowest BCUT2D eigenvalue weighted by Crippen LogP contribution is -2.60. The first-order valence-electron chi connectivity index (χ1n) is 3.88. The highest BCUT2D eigenvalue weighted by atomic mass is 16.7. The van der Waals surface area contributed by atoms with Crippen LogP contribution in [0.3, 0.4) is 0 Å². The van der Waals surface area contributed by atoms with E-state index in [-0.39, 0.29) is 0 Å². The van der Waals surface area contributed by atoms with E-state index in [1.807, 2.05) is 0 Å². The molecule has 0 spiro atoms. The van der Waals surface area contributed by atoms with Crippen LogP contribution in [0.25, 0.3) is 0 Å². The summed E-state index contributed by atoms with van der Waals surface area (Å²) in [5.41, 5.74) is 5.53. The normalized spacial score (nSPS) is 49.2. The molecule has 0 amide bonds. The molecule has 4 N–H and O–H groups in total. The second-order valence-electron chi connectivity index (χ2n) is 3.00. The fraction of sp³-hybridized carbons (Fsp3) is 1.00. The number of rotatable bonds is 1. The molecule has 0 aliphatic carbocycles. The van der Waals surface area contributed by atoms with Gasteiger partial charge in [-0.25, -0.2) is 0 Å². The van der Waals surface area contributed by atoms with E-state index in [4.69, 9.17) is 15.2 Å². The predicted octanol–water partition coefficient (Wildman–Crippen LogP) is -1.57. The van der Waals surface area contributed by atoms with E-state index in [1.54, 1.807) is 6.92 Å². The summed E-state index contributed by atoms with van der Waals surface area (Å²) in [5, 5.41) is 18.7. The zero-order chi connectivity index (χ0) is 9.30. The van der Waals surface area contributed by atoms with Crippen LogP contribution in [0.2, 0.25) is 0 Å². The average molecular weight is 177 g/mol. The first-order chi connectivity index (χ1) is 5.57. The second kappa shape index (κ2) is 3.68. The molecule has 5 atom stereocenters. The van der Waals surface area contributed by atoms with E-state index in [0.29, 0.717) is 0 Å². The second-order valence-corrected chi connectivity index (χ2v) is 3.00. The van der Waals surface area contributed by atoms with Crippen molar-refractivity contribution in [3.05, 3.63) is 0 Å². The third-order valence-electron chi connectivity index (χ3n) is 2.12. The van der Waals surface area contributed by atoms with Crippen LogP contribution in [0.4, 0.5) is 0 Å². The quantitative estimate of drug-likeness (QED) is 0.450. The van der Waals surface area contributed by atoms with Crippen LogP contribution in [0.15, 0.2) is 0 Å². The Balaban J connectivity index is 2.63. The van der Waals surface area contributed by atoms with Crippen LogP contribution in [-0.4, -0.2) is 48.0 Å². The van der Waals surface area contributed by atoms with Crippen LogP contribution in [0, 0.1) is 0 Å². The summed E-state index contributed by atoms with van der Waals surface area (Å²) < 4.78 is 10.0. The van der Waals surface area contributed by atoms with Crippen molar-refractivity contribution in [3.8, 4) is 0 Å². The summed E-state index contributed by atoms with van der Waals surface area (Å²) in [6.45, 7) is 1.66.